The monoisotopic (exact) mass is 434 g/mol. The summed E-state index contributed by atoms with van der Waals surface area (Å²) >= 11 is 0. The molecule has 3 N–H and O–H groups in total. The highest BCUT2D eigenvalue weighted by molar-refractivity contribution is 5.11. The van der Waals surface area contributed by atoms with Crippen LogP contribution in [0, 0.1) is 40.4 Å². The molecule has 0 spiro atoms. The molecular formula is C26H42O5. The highest BCUT2D eigenvalue weighted by Gasteiger charge is 2.59. The first-order chi connectivity index (χ1) is 14.8. The van der Waals surface area contributed by atoms with Crippen LogP contribution in [-0.4, -0.2) is 52.6 Å². The lowest BCUT2D eigenvalue weighted by atomic mass is 9.44. The van der Waals surface area contributed by atoms with Crippen molar-refractivity contribution in [1.29, 1.82) is 0 Å². The fourth-order valence-electron chi connectivity index (χ4n) is 8.86. The maximum absolute atomic E-state index is 10.3. The first-order valence-electron chi connectivity index (χ1n) is 12.7. The van der Waals surface area contributed by atoms with Crippen molar-refractivity contribution in [2.24, 2.45) is 40.4 Å². The summed E-state index contributed by atoms with van der Waals surface area (Å²) < 4.78 is 11.7. The van der Waals surface area contributed by atoms with Crippen molar-refractivity contribution in [3.8, 4) is 0 Å². The second kappa shape index (κ2) is 8.09. The summed E-state index contributed by atoms with van der Waals surface area (Å²) in [5, 5.41) is 29.9. The van der Waals surface area contributed by atoms with E-state index in [1.54, 1.807) is 0 Å². The molecule has 31 heavy (non-hydrogen) atoms. The molecule has 0 aromatic rings. The zero-order chi connectivity index (χ0) is 22.0. The zero-order valence-corrected chi connectivity index (χ0v) is 19.3. The summed E-state index contributed by atoms with van der Waals surface area (Å²) in [6.45, 7) is 9.27. The first kappa shape index (κ1) is 22.3. The Morgan fingerprint density at radius 1 is 0.903 bits per heavy atom. The van der Waals surface area contributed by atoms with E-state index in [9.17, 15) is 15.3 Å². The van der Waals surface area contributed by atoms with Crippen molar-refractivity contribution < 1.29 is 24.8 Å². The zero-order valence-electron chi connectivity index (χ0n) is 19.3. The minimum absolute atomic E-state index is 0.00632. The van der Waals surface area contributed by atoms with Crippen LogP contribution in [0.3, 0.4) is 0 Å². The van der Waals surface area contributed by atoms with Crippen molar-refractivity contribution in [1.82, 2.24) is 0 Å². The van der Waals surface area contributed by atoms with Crippen LogP contribution in [0.1, 0.15) is 71.6 Å². The molecule has 12 atom stereocenters. The van der Waals surface area contributed by atoms with Gasteiger partial charge >= 0.3 is 0 Å². The molecule has 1 heterocycles. The lowest BCUT2D eigenvalue weighted by Gasteiger charge is -2.61. The van der Waals surface area contributed by atoms with Gasteiger partial charge in [-0.15, -0.1) is 6.58 Å². The van der Waals surface area contributed by atoms with Crippen LogP contribution in [0.25, 0.3) is 0 Å². The molecule has 5 nitrogen and oxygen atoms in total. The predicted molar refractivity (Wildman–Crippen MR) is 118 cm³/mol. The van der Waals surface area contributed by atoms with Gasteiger partial charge in [0.25, 0.3) is 0 Å². The van der Waals surface area contributed by atoms with E-state index in [-0.39, 0.29) is 12.7 Å². The number of rotatable bonds is 3. The number of ether oxygens (including phenoxy) is 2. The van der Waals surface area contributed by atoms with Gasteiger partial charge in [0, 0.05) is 0 Å². The fourth-order valence-corrected chi connectivity index (χ4v) is 8.86. The van der Waals surface area contributed by atoms with E-state index in [0.29, 0.717) is 22.7 Å². The van der Waals surface area contributed by atoms with Crippen LogP contribution in [0.4, 0.5) is 0 Å². The smallest absolute Gasteiger partial charge is 0.186 e. The second-order valence-corrected chi connectivity index (χ2v) is 11.9. The van der Waals surface area contributed by atoms with Gasteiger partial charge in [-0.3, -0.25) is 0 Å². The van der Waals surface area contributed by atoms with E-state index in [2.05, 4.69) is 26.5 Å². The fraction of sp³-hybridized carbons (Fsp3) is 0.923. The van der Waals surface area contributed by atoms with Crippen molar-refractivity contribution in [2.45, 2.75) is 102 Å². The molecule has 4 aliphatic carbocycles. The lowest BCUT2D eigenvalue weighted by molar-refractivity contribution is -0.289. The third-order valence-corrected chi connectivity index (χ3v) is 10.8. The Hall–Kier alpha value is -0.460. The minimum atomic E-state index is -1.20. The van der Waals surface area contributed by atoms with Gasteiger partial charge in [-0.1, -0.05) is 19.9 Å². The van der Waals surface area contributed by atoms with Crippen LogP contribution in [0.15, 0.2) is 12.7 Å². The van der Waals surface area contributed by atoms with Gasteiger partial charge in [-0.25, -0.2) is 0 Å². The van der Waals surface area contributed by atoms with Gasteiger partial charge in [-0.2, -0.15) is 0 Å². The molecule has 5 fully saturated rings. The Bertz CT molecular complexity index is 683. The summed E-state index contributed by atoms with van der Waals surface area (Å²) in [5.74, 6) is 3.90. The second-order valence-electron chi connectivity index (χ2n) is 11.9. The van der Waals surface area contributed by atoms with Crippen molar-refractivity contribution in [2.75, 3.05) is 6.61 Å². The third kappa shape index (κ3) is 3.45. The van der Waals surface area contributed by atoms with Crippen LogP contribution in [0.2, 0.25) is 0 Å². The van der Waals surface area contributed by atoms with Crippen molar-refractivity contribution >= 4 is 0 Å². The number of fused-ring (bicyclic) bond motifs is 5. The number of hydrogen-bond donors (Lipinski definition) is 3. The average Bonchev–Trinajstić information content (AvgIpc) is 3.10. The molecule has 5 rings (SSSR count). The summed E-state index contributed by atoms with van der Waals surface area (Å²) in [5.41, 5.74) is 0.852. The van der Waals surface area contributed by atoms with Crippen LogP contribution < -0.4 is 0 Å². The summed E-state index contributed by atoms with van der Waals surface area (Å²) in [7, 11) is 0. The molecule has 5 heteroatoms. The third-order valence-electron chi connectivity index (χ3n) is 10.8. The number of aliphatic hydroxyl groups excluding tert-OH is 3. The van der Waals surface area contributed by atoms with Gasteiger partial charge in [0.05, 0.1) is 12.7 Å². The van der Waals surface area contributed by atoms with Crippen LogP contribution >= 0.6 is 0 Å². The topological polar surface area (TPSA) is 79.2 Å². The van der Waals surface area contributed by atoms with Gasteiger partial charge in [0.15, 0.2) is 6.29 Å². The average molecular weight is 435 g/mol. The van der Waals surface area contributed by atoms with Crippen LogP contribution in [0.5, 0.6) is 0 Å². The highest BCUT2D eigenvalue weighted by Crippen LogP contribution is 2.67. The highest BCUT2D eigenvalue weighted by atomic mass is 16.7. The lowest BCUT2D eigenvalue weighted by Crippen LogP contribution is -2.56. The molecular weight excluding hydrogens is 392 g/mol. The van der Waals surface area contributed by atoms with E-state index < -0.39 is 24.6 Å². The Morgan fingerprint density at radius 2 is 1.65 bits per heavy atom. The van der Waals surface area contributed by atoms with Crippen molar-refractivity contribution in [3.63, 3.8) is 0 Å². The molecule has 0 radical (unpaired) electrons. The molecule has 0 unspecified atom stereocenters. The molecule has 5 aliphatic rings. The molecule has 1 saturated heterocycles. The number of allylic oxidation sites excluding steroid dienone is 1. The largest absolute Gasteiger partial charge is 0.388 e. The normalized spacial score (nSPS) is 56.9. The van der Waals surface area contributed by atoms with E-state index in [0.717, 1.165) is 30.6 Å². The number of hydrogen-bond acceptors (Lipinski definition) is 5. The minimum Gasteiger partial charge on any atom is -0.388 e. The Morgan fingerprint density at radius 3 is 2.42 bits per heavy atom. The van der Waals surface area contributed by atoms with Gasteiger partial charge in [0.2, 0.25) is 0 Å². The molecule has 0 aromatic heterocycles. The Kier molecular flexibility index (Phi) is 5.83. The van der Waals surface area contributed by atoms with E-state index in [1.165, 1.54) is 44.9 Å². The van der Waals surface area contributed by atoms with E-state index in [4.69, 9.17) is 9.47 Å². The van der Waals surface area contributed by atoms with E-state index >= 15 is 0 Å². The summed E-state index contributed by atoms with van der Waals surface area (Å²) in [4.78, 5) is 0. The van der Waals surface area contributed by atoms with Gasteiger partial charge < -0.3 is 24.8 Å². The molecule has 0 aromatic carbocycles. The standard InChI is InChI=1S/C26H42O5/c1-4-15-6-8-19-18-7-5-16-13-17(31-24-23(29)22(28)21(27)14-30-24)9-11-26(16,3)20(18)10-12-25(15,19)2/h4,15-24,27-29H,1,5-14H2,2-3H3/t15-,16-,17+,18-,19-,20-,21+,22+,23-,24-,25+,26-/m0/s1. The predicted octanol–water partition coefficient (Wildman–Crippen LogP) is 3.66. The Balaban J connectivity index is 1.26. The summed E-state index contributed by atoms with van der Waals surface area (Å²) in [6.07, 6.45) is 9.22. The summed E-state index contributed by atoms with van der Waals surface area (Å²) in [6, 6.07) is 0. The molecule has 0 bridgehead atoms. The van der Waals surface area contributed by atoms with Crippen LogP contribution in [-0.2, 0) is 9.47 Å². The van der Waals surface area contributed by atoms with E-state index in [1.807, 2.05) is 0 Å². The SMILES string of the molecule is C=C[C@H]1CC[C@H]2[C@@H]3CC[C@H]4C[C@H](O[C@@H]5OC[C@@H](O)[C@@H](O)[C@@H]5O)CC[C@]4(C)[C@H]3CC[C@]12C. The molecule has 1 aliphatic heterocycles. The Labute approximate surface area is 187 Å². The number of aliphatic hydroxyl groups is 3. The molecule has 4 saturated carbocycles. The first-order valence-corrected chi connectivity index (χ1v) is 12.7. The quantitative estimate of drug-likeness (QED) is 0.467. The van der Waals surface area contributed by atoms with Crippen molar-refractivity contribution in [3.05, 3.63) is 12.7 Å². The molecule has 176 valence electrons. The molecule has 0 amide bonds. The maximum Gasteiger partial charge on any atom is 0.186 e. The van der Waals surface area contributed by atoms with Gasteiger partial charge in [0.1, 0.15) is 18.3 Å². The van der Waals surface area contributed by atoms with Gasteiger partial charge in [-0.05, 0) is 98.2 Å². The maximum atomic E-state index is 10.3.